The Morgan fingerprint density at radius 1 is 1.27 bits per heavy atom. The molecule has 0 spiro atoms. The summed E-state index contributed by atoms with van der Waals surface area (Å²) in [6.45, 7) is 2.57. The van der Waals surface area contributed by atoms with Gasteiger partial charge in [0.2, 0.25) is 0 Å². The highest BCUT2D eigenvalue weighted by Crippen LogP contribution is 2.37. The van der Waals surface area contributed by atoms with Crippen LogP contribution in [0.2, 0.25) is 0 Å². The van der Waals surface area contributed by atoms with E-state index in [2.05, 4.69) is 27.0 Å². The van der Waals surface area contributed by atoms with Gasteiger partial charge in [-0.15, -0.1) is 0 Å². The molecule has 1 aromatic carbocycles. The zero-order valence-electron chi connectivity index (χ0n) is 15.0. The molecule has 1 unspecified atom stereocenters. The number of aromatic nitrogens is 2. The summed E-state index contributed by atoms with van der Waals surface area (Å²) < 4.78 is 0. The molecule has 136 valence electrons. The van der Waals surface area contributed by atoms with E-state index in [1.807, 2.05) is 18.2 Å². The number of rotatable bonds is 5. The van der Waals surface area contributed by atoms with Gasteiger partial charge >= 0.3 is 0 Å². The lowest BCUT2D eigenvalue weighted by atomic mass is 10.1. The summed E-state index contributed by atoms with van der Waals surface area (Å²) >= 11 is 0. The zero-order valence-corrected chi connectivity index (χ0v) is 15.0. The third kappa shape index (κ3) is 3.49. The number of para-hydroxylation sites is 1. The van der Waals surface area contributed by atoms with E-state index in [0.29, 0.717) is 24.2 Å². The van der Waals surface area contributed by atoms with Gasteiger partial charge in [-0.25, -0.2) is 4.98 Å². The van der Waals surface area contributed by atoms with Gasteiger partial charge in [-0.1, -0.05) is 18.2 Å². The van der Waals surface area contributed by atoms with Crippen LogP contribution in [0.5, 0.6) is 0 Å². The van der Waals surface area contributed by atoms with Gasteiger partial charge in [-0.2, -0.15) is 0 Å². The fraction of sp³-hybridized carbons (Fsp3) is 0.450. The molecule has 2 heterocycles. The van der Waals surface area contributed by atoms with Gasteiger partial charge in [0.05, 0.1) is 0 Å². The van der Waals surface area contributed by atoms with Crippen molar-refractivity contribution in [3.8, 4) is 0 Å². The number of benzene rings is 1. The molecule has 2 aliphatic rings. The molecule has 6 heteroatoms. The van der Waals surface area contributed by atoms with E-state index < -0.39 is 0 Å². The molecular formula is C20H24N4O2. The number of H-pyrrole nitrogens is 1. The summed E-state index contributed by atoms with van der Waals surface area (Å²) in [7, 11) is 1.77. The molecule has 1 aromatic heterocycles. The fourth-order valence-corrected chi connectivity index (χ4v) is 3.66. The molecule has 1 aliphatic heterocycles. The maximum atomic E-state index is 12.7. The van der Waals surface area contributed by atoms with Gasteiger partial charge in [0.1, 0.15) is 11.4 Å². The minimum Gasteiger partial charge on any atom is -0.371 e. The van der Waals surface area contributed by atoms with Gasteiger partial charge in [-0.3, -0.25) is 9.59 Å². The van der Waals surface area contributed by atoms with Crippen molar-refractivity contribution in [3.05, 3.63) is 58.3 Å². The summed E-state index contributed by atoms with van der Waals surface area (Å²) in [5.74, 6) is 1.23. The molecule has 1 saturated carbocycles. The van der Waals surface area contributed by atoms with Crippen molar-refractivity contribution in [2.45, 2.75) is 25.2 Å². The first-order valence-corrected chi connectivity index (χ1v) is 9.26. The minimum absolute atomic E-state index is 0.134. The lowest BCUT2D eigenvalue weighted by molar-refractivity contribution is 0.0774. The summed E-state index contributed by atoms with van der Waals surface area (Å²) in [4.78, 5) is 35.9. The highest BCUT2D eigenvalue weighted by Gasteiger charge is 2.28. The first-order valence-electron chi connectivity index (χ1n) is 9.26. The Kier molecular flexibility index (Phi) is 4.49. The molecular weight excluding hydrogens is 328 g/mol. The predicted octanol–water partition coefficient (Wildman–Crippen LogP) is 2.25. The van der Waals surface area contributed by atoms with Crippen molar-refractivity contribution in [1.82, 2.24) is 14.9 Å². The van der Waals surface area contributed by atoms with Gasteiger partial charge in [0, 0.05) is 44.5 Å². The smallest absolute Gasteiger partial charge is 0.263 e. The molecule has 2 fully saturated rings. The van der Waals surface area contributed by atoms with E-state index in [9.17, 15) is 9.59 Å². The molecule has 1 saturated heterocycles. The predicted molar refractivity (Wildman–Crippen MR) is 101 cm³/mol. The Balaban J connectivity index is 1.38. The number of nitrogens with zero attached hydrogens (tertiary/aromatic N) is 3. The first kappa shape index (κ1) is 16.8. The van der Waals surface area contributed by atoms with E-state index in [1.54, 1.807) is 11.9 Å². The number of aromatic amines is 1. The van der Waals surface area contributed by atoms with E-state index in [1.165, 1.54) is 11.9 Å². The number of hydrogen-bond donors (Lipinski definition) is 1. The Hall–Kier alpha value is -2.63. The normalized spacial score (nSPS) is 19.6. The topological polar surface area (TPSA) is 69.3 Å². The average Bonchev–Trinajstić information content (AvgIpc) is 3.41. The van der Waals surface area contributed by atoms with Crippen LogP contribution >= 0.6 is 0 Å². The van der Waals surface area contributed by atoms with Crippen LogP contribution in [0.4, 0.5) is 5.69 Å². The lowest BCUT2D eigenvalue weighted by Gasteiger charge is -2.22. The fourth-order valence-electron chi connectivity index (χ4n) is 3.66. The highest BCUT2D eigenvalue weighted by molar-refractivity contribution is 5.93. The van der Waals surface area contributed by atoms with Crippen molar-refractivity contribution in [1.29, 1.82) is 0 Å². The van der Waals surface area contributed by atoms with Crippen molar-refractivity contribution in [2.24, 2.45) is 5.92 Å². The first-order chi connectivity index (χ1) is 12.6. The van der Waals surface area contributed by atoms with Gasteiger partial charge < -0.3 is 14.8 Å². The monoisotopic (exact) mass is 352 g/mol. The van der Waals surface area contributed by atoms with Crippen LogP contribution in [0.3, 0.4) is 0 Å². The van der Waals surface area contributed by atoms with E-state index >= 15 is 0 Å². The van der Waals surface area contributed by atoms with Crippen LogP contribution in [0.15, 0.2) is 41.3 Å². The summed E-state index contributed by atoms with van der Waals surface area (Å²) in [6, 6.07) is 10.3. The number of anilines is 1. The molecule has 6 nitrogen and oxygen atoms in total. The Morgan fingerprint density at radius 3 is 2.73 bits per heavy atom. The Morgan fingerprint density at radius 2 is 2.04 bits per heavy atom. The summed E-state index contributed by atoms with van der Waals surface area (Å²) in [5, 5.41) is 0. The van der Waals surface area contributed by atoms with Crippen molar-refractivity contribution in [3.63, 3.8) is 0 Å². The largest absolute Gasteiger partial charge is 0.371 e. The van der Waals surface area contributed by atoms with Crippen LogP contribution in [0.1, 0.15) is 41.4 Å². The molecule has 4 rings (SSSR count). The van der Waals surface area contributed by atoms with Crippen LogP contribution in [-0.4, -0.2) is 47.5 Å². The standard InChI is InChI=1S/C20H24N4O2/c1-23(12-14-9-10-24(13-14)16-5-3-2-4-6-16)20(26)17-11-21-18(15-7-8-15)22-19(17)25/h2-6,11,14-15H,7-10,12-13H2,1H3,(H,21,22,25). The quantitative estimate of drug-likeness (QED) is 0.896. The number of amides is 1. The van der Waals surface area contributed by atoms with Gasteiger partial charge in [0.15, 0.2) is 0 Å². The SMILES string of the molecule is CN(CC1CCN(c2ccccc2)C1)C(=O)c1cnc(C2CC2)[nH]c1=O. The van der Waals surface area contributed by atoms with E-state index in [4.69, 9.17) is 0 Å². The van der Waals surface area contributed by atoms with Crippen molar-refractivity contribution < 1.29 is 4.79 Å². The van der Waals surface area contributed by atoms with Gasteiger partial charge in [-0.05, 0) is 37.3 Å². The molecule has 26 heavy (non-hydrogen) atoms. The van der Waals surface area contributed by atoms with Crippen LogP contribution in [-0.2, 0) is 0 Å². The molecule has 0 bridgehead atoms. The van der Waals surface area contributed by atoms with Crippen molar-refractivity contribution in [2.75, 3.05) is 31.6 Å². The van der Waals surface area contributed by atoms with Crippen LogP contribution in [0.25, 0.3) is 0 Å². The molecule has 0 radical (unpaired) electrons. The number of nitrogens with one attached hydrogen (secondary N) is 1. The zero-order chi connectivity index (χ0) is 18.1. The third-order valence-electron chi connectivity index (χ3n) is 5.30. The number of carbonyl (C=O) groups is 1. The molecule has 1 amide bonds. The van der Waals surface area contributed by atoms with E-state index in [0.717, 1.165) is 32.4 Å². The Bertz CT molecular complexity index is 844. The highest BCUT2D eigenvalue weighted by atomic mass is 16.2. The van der Waals surface area contributed by atoms with Crippen molar-refractivity contribution >= 4 is 11.6 Å². The number of hydrogen-bond acceptors (Lipinski definition) is 4. The summed E-state index contributed by atoms with van der Waals surface area (Å²) in [6.07, 6.45) is 4.61. The lowest BCUT2D eigenvalue weighted by Crippen LogP contribution is -2.36. The second kappa shape index (κ2) is 6.94. The molecule has 1 aliphatic carbocycles. The third-order valence-corrected chi connectivity index (χ3v) is 5.30. The second-order valence-corrected chi connectivity index (χ2v) is 7.41. The maximum Gasteiger partial charge on any atom is 0.263 e. The molecule has 2 aromatic rings. The van der Waals surface area contributed by atoms with Crippen LogP contribution < -0.4 is 10.5 Å². The summed E-state index contributed by atoms with van der Waals surface area (Å²) in [5.41, 5.74) is 1.03. The maximum absolute atomic E-state index is 12.7. The Labute approximate surface area is 152 Å². The van der Waals surface area contributed by atoms with Crippen LogP contribution in [0, 0.1) is 5.92 Å². The average molecular weight is 352 g/mol. The van der Waals surface area contributed by atoms with Gasteiger partial charge in [0.25, 0.3) is 11.5 Å². The van der Waals surface area contributed by atoms with E-state index in [-0.39, 0.29) is 17.0 Å². The second-order valence-electron chi connectivity index (χ2n) is 7.41. The molecule has 1 N–H and O–H groups in total. The number of carbonyl (C=O) groups excluding carboxylic acids is 1. The minimum atomic E-state index is -0.323. The molecule has 1 atom stereocenters.